The summed E-state index contributed by atoms with van der Waals surface area (Å²) in [6.07, 6.45) is 5.47. The molecule has 0 saturated heterocycles. The second-order valence-electron chi connectivity index (χ2n) is 4.55. The van der Waals surface area contributed by atoms with E-state index in [0.29, 0.717) is 13.2 Å². The summed E-state index contributed by atoms with van der Waals surface area (Å²) >= 11 is 0. The van der Waals surface area contributed by atoms with E-state index in [-0.39, 0.29) is 6.10 Å². The second kappa shape index (κ2) is 9.91. The van der Waals surface area contributed by atoms with E-state index in [1.54, 1.807) is 13.8 Å². The first-order valence-corrected chi connectivity index (χ1v) is 8.83. The van der Waals surface area contributed by atoms with Crippen molar-refractivity contribution < 1.29 is 18.1 Å². The van der Waals surface area contributed by atoms with Crippen LogP contribution in [0.4, 0.5) is 0 Å². The van der Waals surface area contributed by atoms with Crippen LogP contribution in [0.5, 0.6) is 0 Å². The fraction of sp³-hybridized carbons (Fsp3) is 0.500. The largest absolute Gasteiger partial charge is 0.475 e. The molecule has 5 heteroatoms. The Morgan fingerprint density at radius 2 is 1.76 bits per heavy atom. The molecule has 0 aliphatic rings. The highest BCUT2D eigenvalue weighted by Crippen LogP contribution is 2.50. The van der Waals surface area contributed by atoms with Crippen molar-refractivity contribution in [3.8, 4) is 0 Å². The summed E-state index contributed by atoms with van der Waals surface area (Å²) in [6.45, 7) is 5.93. The number of phosphoric ester groups is 1. The summed E-state index contributed by atoms with van der Waals surface area (Å²) in [5.74, 6) is 0. The third kappa shape index (κ3) is 7.58. The number of hydrogen-bond donors (Lipinski definition) is 0. The predicted molar refractivity (Wildman–Crippen MR) is 85.3 cm³/mol. The summed E-state index contributed by atoms with van der Waals surface area (Å²) in [6, 6.07) is 10.3. The Morgan fingerprint density at radius 1 is 1.14 bits per heavy atom. The molecule has 0 heterocycles. The number of hydrogen-bond acceptors (Lipinski definition) is 4. The zero-order chi connectivity index (χ0) is 15.6. The van der Waals surface area contributed by atoms with E-state index < -0.39 is 7.82 Å². The Bertz CT molecular complexity index is 449. The third-order valence-electron chi connectivity index (χ3n) is 2.72. The van der Waals surface area contributed by atoms with E-state index in [1.165, 1.54) is 5.56 Å². The number of benzene rings is 1. The minimum Gasteiger partial charge on any atom is -0.287 e. The summed E-state index contributed by atoms with van der Waals surface area (Å²) in [5.41, 5.74) is 1.30. The molecule has 1 aromatic rings. The van der Waals surface area contributed by atoms with Crippen LogP contribution in [-0.2, 0) is 24.6 Å². The van der Waals surface area contributed by atoms with E-state index in [0.717, 1.165) is 12.8 Å². The fourth-order valence-electron chi connectivity index (χ4n) is 1.84. The number of aryl methyl sites for hydroxylation is 1. The van der Waals surface area contributed by atoms with Gasteiger partial charge in [0.1, 0.15) is 0 Å². The molecule has 0 fully saturated rings. The van der Waals surface area contributed by atoms with Gasteiger partial charge in [0.05, 0.1) is 19.3 Å². The van der Waals surface area contributed by atoms with Gasteiger partial charge in [0.15, 0.2) is 0 Å². The molecule has 1 rings (SSSR count). The van der Waals surface area contributed by atoms with Gasteiger partial charge in [0, 0.05) is 0 Å². The lowest BCUT2D eigenvalue weighted by Gasteiger charge is -2.18. The van der Waals surface area contributed by atoms with Crippen molar-refractivity contribution in [2.75, 3.05) is 13.2 Å². The van der Waals surface area contributed by atoms with Crippen molar-refractivity contribution in [1.29, 1.82) is 0 Å². The van der Waals surface area contributed by atoms with E-state index in [1.807, 2.05) is 37.3 Å². The van der Waals surface area contributed by atoms with Gasteiger partial charge in [0.25, 0.3) is 0 Å². The monoisotopic (exact) mass is 312 g/mol. The van der Waals surface area contributed by atoms with E-state index in [2.05, 4.69) is 12.1 Å². The highest BCUT2D eigenvalue weighted by atomic mass is 31.2. The molecule has 1 unspecified atom stereocenters. The zero-order valence-corrected chi connectivity index (χ0v) is 13.9. The van der Waals surface area contributed by atoms with Gasteiger partial charge in [-0.25, -0.2) is 4.57 Å². The van der Waals surface area contributed by atoms with Gasteiger partial charge < -0.3 is 0 Å². The average Bonchev–Trinajstić information content (AvgIpc) is 2.45. The molecule has 0 N–H and O–H groups in total. The summed E-state index contributed by atoms with van der Waals surface area (Å²) in [7, 11) is -3.43. The molecule has 0 saturated carbocycles. The van der Waals surface area contributed by atoms with Crippen LogP contribution in [0, 0.1) is 0 Å². The van der Waals surface area contributed by atoms with Crippen LogP contribution < -0.4 is 0 Å². The van der Waals surface area contributed by atoms with Gasteiger partial charge >= 0.3 is 7.82 Å². The zero-order valence-electron chi connectivity index (χ0n) is 13.0. The highest BCUT2D eigenvalue weighted by Gasteiger charge is 2.27. The van der Waals surface area contributed by atoms with Gasteiger partial charge in [-0.3, -0.25) is 13.6 Å². The first-order chi connectivity index (χ1) is 10.1. The van der Waals surface area contributed by atoms with Crippen molar-refractivity contribution in [3.05, 3.63) is 48.0 Å². The molecule has 0 bridgehead atoms. The second-order valence-corrected chi connectivity index (χ2v) is 6.17. The van der Waals surface area contributed by atoms with Gasteiger partial charge in [-0.05, 0) is 39.2 Å². The fourth-order valence-corrected chi connectivity index (χ4v) is 3.14. The van der Waals surface area contributed by atoms with Crippen LogP contribution >= 0.6 is 7.82 Å². The maximum Gasteiger partial charge on any atom is 0.475 e. The summed E-state index contributed by atoms with van der Waals surface area (Å²) < 4.78 is 27.8. The van der Waals surface area contributed by atoms with Crippen LogP contribution in [0.2, 0.25) is 0 Å². The Labute approximate surface area is 127 Å². The molecule has 1 atom stereocenters. The summed E-state index contributed by atoms with van der Waals surface area (Å²) in [5, 5.41) is 0. The number of allylic oxidation sites excluding steroid dienone is 1. The first kappa shape index (κ1) is 18.1. The van der Waals surface area contributed by atoms with Crippen LogP contribution in [0.25, 0.3) is 0 Å². The van der Waals surface area contributed by atoms with Crippen LogP contribution in [0.1, 0.15) is 32.8 Å². The lowest BCUT2D eigenvalue weighted by Crippen LogP contribution is -2.07. The maximum absolute atomic E-state index is 12.2. The molecule has 0 spiro atoms. The molecule has 0 aliphatic heterocycles. The standard InChI is InChI=1S/C16H25O4P/c1-4-18-21(17,19-5-2)20-15(3)11-9-10-14-16-12-7-6-8-13-16/h6-9,11-13,15H,4-5,10,14H2,1-3H3/b11-9-. The van der Waals surface area contributed by atoms with Crippen molar-refractivity contribution in [2.45, 2.75) is 39.7 Å². The van der Waals surface area contributed by atoms with Crippen molar-refractivity contribution in [2.24, 2.45) is 0 Å². The van der Waals surface area contributed by atoms with E-state index >= 15 is 0 Å². The molecule has 0 amide bonds. The van der Waals surface area contributed by atoms with E-state index in [4.69, 9.17) is 13.6 Å². The lowest BCUT2D eigenvalue weighted by molar-refractivity contribution is 0.106. The highest BCUT2D eigenvalue weighted by molar-refractivity contribution is 7.48. The molecule has 1 aromatic carbocycles. The smallest absolute Gasteiger partial charge is 0.287 e. The Balaban J connectivity index is 2.39. The molecule has 4 nitrogen and oxygen atoms in total. The van der Waals surface area contributed by atoms with Crippen LogP contribution in [0.3, 0.4) is 0 Å². The lowest BCUT2D eigenvalue weighted by atomic mass is 10.1. The number of phosphoric acid groups is 1. The Hall–Kier alpha value is -0.930. The minimum atomic E-state index is -3.43. The topological polar surface area (TPSA) is 44.8 Å². The first-order valence-electron chi connectivity index (χ1n) is 7.37. The maximum atomic E-state index is 12.2. The van der Waals surface area contributed by atoms with Crippen LogP contribution in [0.15, 0.2) is 42.5 Å². The quantitative estimate of drug-likeness (QED) is 0.461. The third-order valence-corrected chi connectivity index (χ3v) is 4.46. The van der Waals surface area contributed by atoms with Gasteiger partial charge in [-0.1, -0.05) is 42.5 Å². The molecule has 0 radical (unpaired) electrons. The van der Waals surface area contributed by atoms with Crippen molar-refractivity contribution in [3.63, 3.8) is 0 Å². The van der Waals surface area contributed by atoms with Gasteiger partial charge in [-0.2, -0.15) is 0 Å². The number of rotatable bonds is 10. The van der Waals surface area contributed by atoms with Crippen molar-refractivity contribution >= 4 is 7.82 Å². The minimum absolute atomic E-state index is 0.293. The van der Waals surface area contributed by atoms with Crippen molar-refractivity contribution in [1.82, 2.24) is 0 Å². The Kier molecular flexibility index (Phi) is 8.55. The summed E-state index contributed by atoms with van der Waals surface area (Å²) in [4.78, 5) is 0. The molecule has 21 heavy (non-hydrogen) atoms. The Morgan fingerprint density at radius 3 is 2.33 bits per heavy atom. The van der Waals surface area contributed by atoms with Gasteiger partial charge in [0.2, 0.25) is 0 Å². The van der Waals surface area contributed by atoms with Crippen LogP contribution in [-0.4, -0.2) is 19.3 Å². The molecule has 0 aliphatic carbocycles. The normalized spacial score (nSPS) is 13.7. The molecular formula is C16H25O4P. The molecule has 0 aromatic heterocycles. The van der Waals surface area contributed by atoms with Gasteiger partial charge in [-0.15, -0.1) is 0 Å². The SMILES string of the molecule is CCOP(=O)(OCC)OC(C)/C=C\CCc1ccccc1. The van der Waals surface area contributed by atoms with E-state index in [9.17, 15) is 4.57 Å². The molecule has 118 valence electrons. The molecular weight excluding hydrogens is 287 g/mol. The average molecular weight is 312 g/mol. The predicted octanol–water partition coefficient (Wildman–Crippen LogP) is 4.76.